The summed E-state index contributed by atoms with van der Waals surface area (Å²) >= 11 is 0. The number of halogens is 2. The van der Waals surface area contributed by atoms with Crippen molar-refractivity contribution in [1.82, 2.24) is 14.6 Å². The molecule has 1 aromatic heterocycles. The molecule has 2 rings (SSSR count). The Labute approximate surface area is 150 Å². The molecule has 0 bridgehead atoms. The molecule has 1 heterocycles. The molecule has 2 aromatic rings. The Balaban J connectivity index is 1.82. The lowest BCUT2D eigenvalue weighted by Crippen LogP contribution is -2.33. The summed E-state index contributed by atoms with van der Waals surface area (Å²) in [6, 6.07) is 7.81. The van der Waals surface area contributed by atoms with Crippen LogP contribution in [0, 0.1) is 11.6 Å². The van der Waals surface area contributed by atoms with Crippen LogP contribution in [-0.4, -0.2) is 44.3 Å². The number of nitrogens with zero attached hydrogens (tertiary/aromatic N) is 2. The number of likely N-dealkylation sites (N-methyl/N-ethyl adjacent to an activating group) is 1. The minimum atomic E-state index is -4.01. The van der Waals surface area contributed by atoms with Gasteiger partial charge in [0.05, 0.1) is 4.90 Å². The van der Waals surface area contributed by atoms with E-state index >= 15 is 0 Å². The van der Waals surface area contributed by atoms with Crippen molar-refractivity contribution >= 4 is 15.9 Å². The summed E-state index contributed by atoms with van der Waals surface area (Å²) in [7, 11) is -2.39. The second kappa shape index (κ2) is 8.81. The number of hydrogen-bond acceptors (Lipinski definition) is 4. The van der Waals surface area contributed by atoms with Crippen molar-refractivity contribution in [3.05, 3.63) is 59.9 Å². The molecule has 0 aliphatic rings. The second-order valence-corrected chi connectivity index (χ2v) is 7.38. The number of amides is 1. The van der Waals surface area contributed by atoms with Crippen LogP contribution in [0.3, 0.4) is 0 Å². The van der Waals surface area contributed by atoms with Crippen molar-refractivity contribution in [1.29, 1.82) is 0 Å². The second-order valence-electron chi connectivity index (χ2n) is 5.61. The number of nitrogens with one attached hydrogen (secondary N) is 1. The molecule has 0 unspecified atom stereocenters. The van der Waals surface area contributed by atoms with E-state index in [-0.39, 0.29) is 18.9 Å². The number of benzene rings is 1. The summed E-state index contributed by atoms with van der Waals surface area (Å²) in [4.78, 5) is 17.3. The van der Waals surface area contributed by atoms with E-state index in [0.29, 0.717) is 19.0 Å². The zero-order valence-corrected chi connectivity index (χ0v) is 15.0. The zero-order valence-electron chi connectivity index (χ0n) is 14.2. The lowest BCUT2D eigenvalue weighted by atomic mass is 10.2. The largest absolute Gasteiger partial charge is 0.345 e. The molecule has 0 atom stereocenters. The van der Waals surface area contributed by atoms with Crippen LogP contribution in [0.1, 0.15) is 12.1 Å². The molecule has 0 saturated heterocycles. The smallest absolute Gasteiger partial charge is 0.240 e. The number of rotatable bonds is 8. The van der Waals surface area contributed by atoms with Crippen LogP contribution in [0.2, 0.25) is 0 Å². The van der Waals surface area contributed by atoms with Gasteiger partial charge in [0.2, 0.25) is 15.9 Å². The summed E-state index contributed by atoms with van der Waals surface area (Å²) < 4.78 is 52.3. The van der Waals surface area contributed by atoms with Gasteiger partial charge in [-0.15, -0.1) is 0 Å². The molecule has 9 heteroatoms. The van der Waals surface area contributed by atoms with Crippen LogP contribution < -0.4 is 4.72 Å². The maximum atomic E-state index is 13.2. The van der Waals surface area contributed by atoms with Crippen molar-refractivity contribution in [2.24, 2.45) is 0 Å². The molecule has 0 fully saturated rings. The molecule has 6 nitrogen and oxygen atoms in total. The van der Waals surface area contributed by atoms with Crippen LogP contribution in [-0.2, 0) is 21.2 Å². The fraction of sp³-hybridized carbons (Fsp3) is 0.294. The normalized spacial score (nSPS) is 11.3. The van der Waals surface area contributed by atoms with Gasteiger partial charge in [-0.1, -0.05) is 6.07 Å². The lowest BCUT2D eigenvalue weighted by Gasteiger charge is -2.17. The van der Waals surface area contributed by atoms with E-state index in [1.54, 1.807) is 19.3 Å². The Kier molecular flexibility index (Phi) is 6.76. The van der Waals surface area contributed by atoms with E-state index in [2.05, 4.69) is 9.71 Å². The third-order valence-corrected chi connectivity index (χ3v) is 5.15. The first-order chi connectivity index (χ1) is 12.3. The molecule has 1 N–H and O–H groups in total. The first-order valence-corrected chi connectivity index (χ1v) is 9.36. The molecule has 0 aliphatic carbocycles. The van der Waals surface area contributed by atoms with E-state index in [9.17, 15) is 22.0 Å². The number of carbonyl (C=O) groups excluding carboxylic acids is 1. The van der Waals surface area contributed by atoms with Crippen molar-refractivity contribution in [2.45, 2.75) is 17.7 Å². The summed E-state index contributed by atoms with van der Waals surface area (Å²) in [5, 5.41) is 0. The SMILES string of the molecule is CN(CCc1ccccn1)C(=O)CCNS(=O)(=O)c1ccc(F)c(F)c1. The van der Waals surface area contributed by atoms with Gasteiger partial charge in [0.25, 0.3) is 0 Å². The highest BCUT2D eigenvalue weighted by Crippen LogP contribution is 2.13. The predicted octanol–water partition coefficient (Wildman–Crippen LogP) is 1.73. The van der Waals surface area contributed by atoms with Gasteiger partial charge in [0.1, 0.15) is 0 Å². The monoisotopic (exact) mass is 383 g/mol. The quantitative estimate of drug-likeness (QED) is 0.753. The maximum absolute atomic E-state index is 13.2. The molecular formula is C17H19F2N3O3S. The molecule has 0 radical (unpaired) electrons. The van der Waals surface area contributed by atoms with Gasteiger partial charge in [-0.3, -0.25) is 9.78 Å². The minimum absolute atomic E-state index is 0.0539. The Morgan fingerprint density at radius 2 is 1.96 bits per heavy atom. The number of aromatic nitrogens is 1. The van der Waals surface area contributed by atoms with Gasteiger partial charge in [-0.25, -0.2) is 21.9 Å². The molecule has 140 valence electrons. The average Bonchev–Trinajstić information content (AvgIpc) is 2.62. The first-order valence-electron chi connectivity index (χ1n) is 7.88. The summed E-state index contributed by atoms with van der Waals surface area (Å²) in [6.45, 7) is 0.305. The predicted molar refractivity (Wildman–Crippen MR) is 91.7 cm³/mol. The van der Waals surface area contributed by atoms with Gasteiger partial charge in [-0.2, -0.15) is 0 Å². The highest BCUT2D eigenvalue weighted by atomic mass is 32.2. The van der Waals surface area contributed by atoms with Crippen LogP contribution in [0.4, 0.5) is 8.78 Å². The van der Waals surface area contributed by atoms with Gasteiger partial charge in [0.15, 0.2) is 11.6 Å². The van der Waals surface area contributed by atoms with E-state index in [0.717, 1.165) is 17.8 Å². The van der Waals surface area contributed by atoms with Crippen LogP contribution >= 0.6 is 0 Å². The first kappa shape index (κ1) is 19.9. The Morgan fingerprint density at radius 3 is 2.62 bits per heavy atom. The highest BCUT2D eigenvalue weighted by Gasteiger charge is 2.17. The molecule has 1 aromatic carbocycles. The Bertz CT molecular complexity index is 861. The molecule has 0 aliphatic heterocycles. The van der Waals surface area contributed by atoms with Gasteiger partial charge in [-0.05, 0) is 30.3 Å². The summed E-state index contributed by atoms with van der Waals surface area (Å²) in [5.74, 6) is -2.62. The van der Waals surface area contributed by atoms with E-state index in [4.69, 9.17) is 0 Å². The summed E-state index contributed by atoms with van der Waals surface area (Å²) in [6.07, 6.45) is 2.20. The molecular weight excluding hydrogens is 364 g/mol. The van der Waals surface area contributed by atoms with Crippen molar-refractivity contribution in [3.8, 4) is 0 Å². The minimum Gasteiger partial charge on any atom is -0.345 e. The Morgan fingerprint density at radius 1 is 1.19 bits per heavy atom. The zero-order chi connectivity index (χ0) is 19.2. The maximum Gasteiger partial charge on any atom is 0.240 e. The van der Waals surface area contributed by atoms with Crippen molar-refractivity contribution in [3.63, 3.8) is 0 Å². The van der Waals surface area contributed by atoms with Crippen LogP contribution in [0.15, 0.2) is 47.5 Å². The third-order valence-electron chi connectivity index (χ3n) is 3.69. The third kappa shape index (κ3) is 5.57. The van der Waals surface area contributed by atoms with Gasteiger partial charge >= 0.3 is 0 Å². The van der Waals surface area contributed by atoms with E-state index < -0.39 is 26.6 Å². The van der Waals surface area contributed by atoms with Crippen LogP contribution in [0.25, 0.3) is 0 Å². The lowest BCUT2D eigenvalue weighted by molar-refractivity contribution is -0.129. The van der Waals surface area contributed by atoms with Crippen molar-refractivity contribution in [2.75, 3.05) is 20.1 Å². The van der Waals surface area contributed by atoms with Crippen molar-refractivity contribution < 1.29 is 22.0 Å². The molecule has 0 spiro atoms. The molecule has 26 heavy (non-hydrogen) atoms. The Hall–Kier alpha value is -2.39. The molecule has 1 amide bonds. The summed E-state index contributed by atoms with van der Waals surface area (Å²) in [5.41, 5.74) is 0.853. The van der Waals surface area contributed by atoms with Crippen LogP contribution in [0.5, 0.6) is 0 Å². The van der Waals surface area contributed by atoms with E-state index in [1.807, 2.05) is 12.1 Å². The highest BCUT2D eigenvalue weighted by molar-refractivity contribution is 7.89. The number of carbonyl (C=O) groups is 1. The fourth-order valence-electron chi connectivity index (χ4n) is 2.16. The van der Waals surface area contributed by atoms with Gasteiger partial charge < -0.3 is 4.90 Å². The standard InChI is InChI=1S/C17H19F2N3O3S/c1-22(11-8-13-4-2-3-9-20-13)17(23)7-10-21-26(24,25)14-5-6-15(18)16(19)12-14/h2-6,9,12,21H,7-8,10-11H2,1H3. The number of pyridine rings is 1. The number of sulfonamides is 1. The fourth-order valence-corrected chi connectivity index (χ4v) is 3.21. The molecule has 0 saturated carbocycles. The topological polar surface area (TPSA) is 79.4 Å². The average molecular weight is 383 g/mol. The number of hydrogen-bond donors (Lipinski definition) is 1. The van der Waals surface area contributed by atoms with E-state index in [1.165, 1.54) is 4.90 Å². The van der Waals surface area contributed by atoms with Gasteiger partial charge in [0, 0.05) is 44.9 Å².